The van der Waals surface area contributed by atoms with Gasteiger partial charge in [-0.15, -0.1) is 0 Å². The maximum absolute atomic E-state index is 14.0. The van der Waals surface area contributed by atoms with E-state index in [-0.39, 0.29) is 12.5 Å². The van der Waals surface area contributed by atoms with Gasteiger partial charge in [0, 0.05) is 5.69 Å². The average Bonchev–Trinajstić information content (AvgIpc) is 2.77. The molecule has 0 heterocycles. The van der Waals surface area contributed by atoms with Crippen molar-refractivity contribution in [1.29, 1.82) is 5.26 Å². The Morgan fingerprint density at radius 1 is 1.03 bits per heavy atom. The summed E-state index contributed by atoms with van der Waals surface area (Å²) in [5.41, 5.74) is 3.14. The number of aryl methyl sites for hydroxylation is 3. The van der Waals surface area contributed by atoms with Crippen LogP contribution in [0.15, 0.2) is 42.5 Å². The van der Waals surface area contributed by atoms with Gasteiger partial charge in [0.1, 0.15) is 24.2 Å². The molecule has 0 fully saturated rings. The van der Waals surface area contributed by atoms with Gasteiger partial charge in [-0.25, -0.2) is 4.79 Å². The molecule has 38 heavy (non-hydrogen) atoms. The SMILES string of the molecule is Cc1cc(C)cc(C(C(=O)Nc2ccccc2C)N(CC#N)C(=O)C(CC(C)C)NC(=O)OC(C)(C)C)c1. The van der Waals surface area contributed by atoms with Gasteiger partial charge in [-0.2, -0.15) is 5.26 Å². The van der Waals surface area contributed by atoms with Crippen molar-refractivity contribution < 1.29 is 19.1 Å². The van der Waals surface area contributed by atoms with Crippen LogP contribution < -0.4 is 10.6 Å². The lowest BCUT2D eigenvalue weighted by Crippen LogP contribution is -2.53. The number of hydrogen-bond acceptors (Lipinski definition) is 5. The number of nitriles is 1. The minimum absolute atomic E-state index is 0.0447. The highest BCUT2D eigenvalue weighted by Gasteiger charge is 2.37. The summed E-state index contributed by atoms with van der Waals surface area (Å²) in [5, 5.41) is 15.3. The number of nitrogens with one attached hydrogen (secondary N) is 2. The second kappa shape index (κ2) is 13.1. The third-order valence-corrected chi connectivity index (χ3v) is 5.74. The Kier molecular flexibility index (Phi) is 10.5. The third kappa shape index (κ3) is 8.91. The molecule has 0 saturated heterocycles. The van der Waals surface area contributed by atoms with Gasteiger partial charge in [-0.05, 0) is 71.1 Å². The second-order valence-electron chi connectivity index (χ2n) is 11.1. The minimum atomic E-state index is -1.10. The molecule has 0 aliphatic carbocycles. The summed E-state index contributed by atoms with van der Waals surface area (Å²) < 4.78 is 5.39. The van der Waals surface area contributed by atoms with Crippen LogP contribution in [-0.4, -0.2) is 41.0 Å². The molecule has 0 bridgehead atoms. The number of rotatable bonds is 9. The van der Waals surface area contributed by atoms with Gasteiger partial charge in [-0.3, -0.25) is 9.59 Å². The van der Waals surface area contributed by atoms with Gasteiger partial charge in [-0.1, -0.05) is 61.4 Å². The standard InChI is InChI=1S/C30H40N4O4/c1-19(2)15-25(33-29(37)38-30(6,7)8)28(36)34(14-13-31)26(23-17-20(3)16-21(4)18-23)27(35)32-24-12-10-9-11-22(24)5/h9-12,16-19,25-26H,14-15H2,1-8H3,(H,32,35)(H,33,37). The zero-order valence-electron chi connectivity index (χ0n) is 23.7. The normalized spacial score (nSPS) is 12.7. The van der Waals surface area contributed by atoms with Crippen molar-refractivity contribution in [2.24, 2.45) is 5.92 Å². The van der Waals surface area contributed by atoms with E-state index in [1.165, 1.54) is 4.90 Å². The maximum Gasteiger partial charge on any atom is 0.408 e. The largest absolute Gasteiger partial charge is 0.444 e. The molecule has 2 aromatic rings. The molecule has 2 atom stereocenters. The Morgan fingerprint density at radius 2 is 1.63 bits per heavy atom. The monoisotopic (exact) mass is 520 g/mol. The quantitative estimate of drug-likeness (QED) is 0.419. The van der Waals surface area contributed by atoms with E-state index in [2.05, 4.69) is 10.6 Å². The van der Waals surface area contributed by atoms with Crippen LogP contribution in [-0.2, 0) is 14.3 Å². The number of anilines is 1. The summed E-state index contributed by atoms with van der Waals surface area (Å²) in [5.74, 6) is -0.938. The summed E-state index contributed by atoms with van der Waals surface area (Å²) in [6.07, 6.45) is -0.431. The second-order valence-corrected chi connectivity index (χ2v) is 11.1. The Labute approximate surface area is 226 Å². The first-order chi connectivity index (χ1) is 17.7. The highest BCUT2D eigenvalue weighted by atomic mass is 16.6. The van der Waals surface area contributed by atoms with E-state index in [9.17, 15) is 19.6 Å². The highest BCUT2D eigenvalue weighted by molar-refractivity contribution is 5.99. The molecule has 2 N–H and O–H groups in total. The molecule has 0 spiro atoms. The molecule has 2 aromatic carbocycles. The van der Waals surface area contributed by atoms with Crippen molar-refractivity contribution in [3.05, 3.63) is 64.7 Å². The zero-order valence-corrected chi connectivity index (χ0v) is 23.7. The molecular formula is C30H40N4O4. The van der Waals surface area contributed by atoms with Crippen molar-refractivity contribution in [3.8, 4) is 6.07 Å². The Hall–Kier alpha value is -3.86. The molecule has 2 unspecified atom stereocenters. The van der Waals surface area contributed by atoms with E-state index < -0.39 is 35.6 Å². The van der Waals surface area contributed by atoms with Crippen LogP contribution in [0.25, 0.3) is 0 Å². The van der Waals surface area contributed by atoms with Gasteiger partial charge in [0.2, 0.25) is 5.91 Å². The lowest BCUT2D eigenvalue weighted by Gasteiger charge is -2.33. The topological polar surface area (TPSA) is 112 Å². The van der Waals surface area contributed by atoms with Crippen molar-refractivity contribution in [3.63, 3.8) is 0 Å². The van der Waals surface area contributed by atoms with E-state index in [4.69, 9.17) is 4.74 Å². The van der Waals surface area contributed by atoms with E-state index >= 15 is 0 Å². The van der Waals surface area contributed by atoms with E-state index in [0.29, 0.717) is 17.7 Å². The van der Waals surface area contributed by atoms with Crippen LogP contribution >= 0.6 is 0 Å². The summed E-state index contributed by atoms with van der Waals surface area (Å²) >= 11 is 0. The number of alkyl carbamates (subject to hydrolysis) is 1. The van der Waals surface area contributed by atoms with E-state index in [1.54, 1.807) is 26.8 Å². The molecule has 3 amide bonds. The summed E-state index contributed by atoms with van der Waals surface area (Å²) in [7, 11) is 0. The van der Waals surface area contributed by atoms with Crippen molar-refractivity contribution >= 4 is 23.6 Å². The number of carbonyl (C=O) groups is 3. The molecule has 8 nitrogen and oxygen atoms in total. The molecule has 0 saturated carbocycles. The number of nitrogens with zero attached hydrogens (tertiary/aromatic N) is 2. The Bertz CT molecular complexity index is 1170. The van der Waals surface area contributed by atoms with Gasteiger partial charge in [0.15, 0.2) is 0 Å². The first-order valence-electron chi connectivity index (χ1n) is 12.8. The first kappa shape index (κ1) is 30.4. The lowest BCUT2D eigenvalue weighted by atomic mass is 9.97. The predicted octanol–water partition coefficient (Wildman–Crippen LogP) is 5.58. The number of amides is 3. The molecule has 8 heteroatoms. The molecular weight excluding hydrogens is 480 g/mol. The summed E-state index contributed by atoms with van der Waals surface area (Å²) in [6, 6.07) is 13.0. The number of hydrogen-bond donors (Lipinski definition) is 2. The molecule has 204 valence electrons. The summed E-state index contributed by atoms with van der Waals surface area (Å²) in [4.78, 5) is 41.7. The smallest absolute Gasteiger partial charge is 0.408 e. The highest BCUT2D eigenvalue weighted by Crippen LogP contribution is 2.27. The number of ether oxygens (including phenoxy) is 1. The van der Waals surface area contributed by atoms with Gasteiger partial charge >= 0.3 is 6.09 Å². The molecule has 0 aromatic heterocycles. The molecule has 0 radical (unpaired) electrons. The van der Waals surface area contributed by atoms with E-state index in [0.717, 1.165) is 16.7 Å². The molecule has 0 aliphatic rings. The first-order valence-corrected chi connectivity index (χ1v) is 12.8. The van der Waals surface area contributed by atoms with Crippen LogP contribution in [0, 0.1) is 38.0 Å². The minimum Gasteiger partial charge on any atom is -0.444 e. The third-order valence-electron chi connectivity index (χ3n) is 5.74. The zero-order chi connectivity index (χ0) is 28.6. The fourth-order valence-corrected chi connectivity index (χ4v) is 4.27. The molecule has 0 aliphatic heterocycles. The van der Waals surface area contributed by atoms with Gasteiger partial charge in [0.25, 0.3) is 5.91 Å². The number of benzene rings is 2. The lowest BCUT2D eigenvalue weighted by molar-refractivity contribution is -0.140. The van der Waals surface area contributed by atoms with Crippen LogP contribution in [0.5, 0.6) is 0 Å². The number of carbonyl (C=O) groups excluding carboxylic acids is 3. The predicted molar refractivity (Wildman–Crippen MR) is 148 cm³/mol. The van der Waals surface area contributed by atoms with E-state index in [1.807, 2.05) is 77.1 Å². The Balaban J connectivity index is 2.56. The van der Waals surface area contributed by atoms with Crippen molar-refractivity contribution in [2.75, 3.05) is 11.9 Å². The van der Waals surface area contributed by atoms with Gasteiger partial charge in [0.05, 0.1) is 6.07 Å². The van der Waals surface area contributed by atoms with Crippen molar-refractivity contribution in [1.82, 2.24) is 10.2 Å². The fourth-order valence-electron chi connectivity index (χ4n) is 4.27. The van der Waals surface area contributed by atoms with Crippen LogP contribution in [0.2, 0.25) is 0 Å². The van der Waals surface area contributed by atoms with Crippen LogP contribution in [0.1, 0.15) is 69.3 Å². The van der Waals surface area contributed by atoms with Crippen LogP contribution in [0.3, 0.4) is 0 Å². The van der Waals surface area contributed by atoms with Crippen molar-refractivity contribution in [2.45, 2.75) is 79.5 Å². The maximum atomic E-state index is 14.0. The average molecular weight is 521 g/mol. The van der Waals surface area contributed by atoms with Crippen LogP contribution in [0.4, 0.5) is 10.5 Å². The summed E-state index contributed by atoms with van der Waals surface area (Å²) in [6.45, 7) is 14.4. The van der Waals surface area contributed by atoms with Gasteiger partial charge < -0.3 is 20.3 Å². The molecule has 2 rings (SSSR count). The fraction of sp³-hybridized carbons (Fsp3) is 0.467. The Morgan fingerprint density at radius 3 is 2.16 bits per heavy atom. The number of para-hydroxylation sites is 1.